The molecule has 1 aliphatic carbocycles. The lowest BCUT2D eigenvalue weighted by Gasteiger charge is -2.45. The Morgan fingerprint density at radius 2 is 2.00 bits per heavy atom. The van der Waals surface area contributed by atoms with E-state index in [4.69, 9.17) is 0 Å². The van der Waals surface area contributed by atoms with Gasteiger partial charge in [0.15, 0.2) is 0 Å². The van der Waals surface area contributed by atoms with Crippen molar-refractivity contribution in [2.75, 3.05) is 5.32 Å². The van der Waals surface area contributed by atoms with Crippen molar-refractivity contribution in [3.8, 4) is 0 Å². The Balaban J connectivity index is 2.04. The molecule has 1 saturated carbocycles. The number of rotatable bonds is 7. The second-order valence-corrected chi connectivity index (χ2v) is 8.99. The number of nitro benzene ring substituents is 1. The van der Waals surface area contributed by atoms with Crippen molar-refractivity contribution in [2.45, 2.75) is 79.4 Å². The van der Waals surface area contributed by atoms with E-state index in [-0.39, 0.29) is 16.0 Å². The molecule has 1 aromatic rings. The lowest BCUT2D eigenvalue weighted by molar-refractivity contribution is -0.384. The molecule has 1 aliphatic rings. The third-order valence-corrected chi connectivity index (χ3v) is 5.86. The van der Waals surface area contributed by atoms with Crippen molar-refractivity contribution < 1.29 is 4.92 Å². The second-order valence-electron chi connectivity index (χ2n) is 8.99. The van der Waals surface area contributed by atoms with Gasteiger partial charge in [-0.25, -0.2) is 0 Å². The molecule has 5 heteroatoms. The van der Waals surface area contributed by atoms with Gasteiger partial charge in [-0.05, 0) is 42.2 Å². The highest BCUT2D eigenvalue weighted by molar-refractivity contribution is 5.63. The number of nitro groups is 1. The molecule has 0 saturated heterocycles. The minimum Gasteiger partial charge on any atom is -0.377 e. The quantitative estimate of drug-likeness (QED) is 0.531. The lowest BCUT2D eigenvalue weighted by atomic mass is 9.65. The highest BCUT2D eigenvalue weighted by Gasteiger charge is 2.39. The summed E-state index contributed by atoms with van der Waals surface area (Å²) in [7, 11) is 0. The number of hydrogen-bond acceptors (Lipinski definition) is 4. The third-order valence-electron chi connectivity index (χ3n) is 5.86. The molecule has 0 bridgehead atoms. The fraction of sp³-hybridized carbons (Fsp3) is 0.700. The number of anilines is 1. The molecule has 0 spiro atoms. The van der Waals surface area contributed by atoms with Crippen molar-refractivity contribution >= 4 is 11.4 Å². The van der Waals surface area contributed by atoms with Crippen LogP contribution in [0.5, 0.6) is 0 Å². The molecule has 1 fully saturated rings. The van der Waals surface area contributed by atoms with Crippen molar-refractivity contribution in [1.29, 1.82) is 0 Å². The summed E-state index contributed by atoms with van der Waals surface area (Å²) in [5.41, 5.74) is 2.30. The molecule has 0 heterocycles. The predicted octanol–water partition coefficient (Wildman–Crippen LogP) is 5.11. The monoisotopic (exact) mass is 347 g/mol. The SMILES string of the molecule is CCC1(C)CC(Nc2ccc(CN[C@@H](C)C(C)(C)C)cc2[N+](=O)[O-])C1. The van der Waals surface area contributed by atoms with Crippen LogP contribution in [0.4, 0.5) is 11.4 Å². The van der Waals surface area contributed by atoms with Crippen LogP contribution in [0.15, 0.2) is 18.2 Å². The predicted molar refractivity (Wildman–Crippen MR) is 104 cm³/mol. The van der Waals surface area contributed by atoms with Crippen LogP contribution in [0.2, 0.25) is 0 Å². The minimum atomic E-state index is -0.281. The van der Waals surface area contributed by atoms with Crippen LogP contribution in [0.3, 0.4) is 0 Å². The van der Waals surface area contributed by atoms with Gasteiger partial charge in [-0.2, -0.15) is 0 Å². The van der Waals surface area contributed by atoms with Gasteiger partial charge in [0.25, 0.3) is 5.69 Å². The fourth-order valence-electron chi connectivity index (χ4n) is 3.28. The summed E-state index contributed by atoms with van der Waals surface area (Å²) in [5.74, 6) is 0. The Labute approximate surface area is 151 Å². The van der Waals surface area contributed by atoms with E-state index in [0.29, 0.717) is 29.7 Å². The molecule has 0 radical (unpaired) electrons. The number of nitrogens with one attached hydrogen (secondary N) is 2. The molecule has 2 N–H and O–H groups in total. The summed E-state index contributed by atoms with van der Waals surface area (Å²) in [6.45, 7) is 13.8. The molecular weight excluding hydrogens is 314 g/mol. The molecule has 140 valence electrons. The molecule has 5 nitrogen and oxygen atoms in total. The lowest BCUT2D eigenvalue weighted by Crippen LogP contribution is -2.42. The van der Waals surface area contributed by atoms with Gasteiger partial charge in [0, 0.05) is 24.7 Å². The maximum absolute atomic E-state index is 11.5. The normalized spacial score (nSPS) is 24.5. The molecule has 25 heavy (non-hydrogen) atoms. The maximum atomic E-state index is 11.5. The Kier molecular flexibility index (Phi) is 5.77. The first-order valence-electron chi connectivity index (χ1n) is 9.31. The number of nitrogens with zero attached hydrogens (tertiary/aromatic N) is 1. The van der Waals surface area contributed by atoms with Crippen LogP contribution in [0.1, 0.15) is 66.4 Å². The molecular formula is C20H33N3O2. The van der Waals surface area contributed by atoms with Gasteiger partial charge in [0.1, 0.15) is 5.69 Å². The Hall–Kier alpha value is -1.62. The summed E-state index contributed by atoms with van der Waals surface area (Å²) in [6.07, 6.45) is 3.31. The smallest absolute Gasteiger partial charge is 0.292 e. The second kappa shape index (κ2) is 7.32. The van der Waals surface area contributed by atoms with E-state index in [0.717, 1.165) is 24.8 Å². The van der Waals surface area contributed by atoms with E-state index in [2.05, 4.69) is 52.2 Å². The van der Waals surface area contributed by atoms with Gasteiger partial charge in [-0.15, -0.1) is 0 Å². The molecule has 0 unspecified atom stereocenters. The summed E-state index contributed by atoms with van der Waals surface area (Å²) in [4.78, 5) is 11.2. The van der Waals surface area contributed by atoms with E-state index in [1.165, 1.54) is 0 Å². The Morgan fingerprint density at radius 3 is 2.52 bits per heavy atom. The van der Waals surface area contributed by atoms with Crippen LogP contribution >= 0.6 is 0 Å². The largest absolute Gasteiger partial charge is 0.377 e. The summed E-state index contributed by atoms with van der Waals surface area (Å²) in [5, 5.41) is 18.3. The highest BCUT2D eigenvalue weighted by atomic mass is 16.6. The molecule has 0 amide bonds. The van der Waals surface area contributed by atoms with Crippen molar-refractivity contribution in [3.05, 3.63) is 33.9 Å². The van der Waals surface area contributed by atoms with E-state index in [9.17, 15) is 10.1 Å². The van der Waals surface area contributed by atoms with Crippen LogP contribution in [0, 0.1) is 20.9 Å². The fourth-order valence-corrected chi connectivity index (χ4v) is 3.28. The third kappa shape index (κ3) is 4.94. The van der Waals surface area contributed by atoms with Gasteiger partial charge in [-0.1, -0.05) is 47.1 Å². The highest BCUT2D eigenvalue weighted by Crippen LogP contribution is 2.45. The summed E-state index contributed by atoms with van der Waals surface area (Å²) in [6, 6.07) is 6.20. The zero-order valence-corrected chi connectivity index (χ0v) is 16.5. The molecule has 2 rings (SSSR count). The van der Waals surface area contributed by atoms with Crippen molar-refractivity contribution in [1.82, 2.24) is 5.32 Å². The van der Waals surface area contributed by atoms with E-state index < -0.39 is 0 Å². The Bertz CT molecular complexity index is 616. The van der Waals surface area contributed by atoms with Gasteiger partial charge in [0.05, 0.1) is 4.92 Å². The van der Waals surface area contributed by atoms with Crippen LogP contribution in [-0.4, -0.2) is 17.0 Å². The van der Waals surface area contributed by atoms with Crippen molar-refractivity contribution in [3.63, 3.8) is 0 Å². The number of benzene rings is 1. The Morgan fingerprint density at radius 1 is 1.36 bits per heavy atom. The average molecular weight is 348 g/mol. The van der Waals surface area contributed by atoms with E-state index in [1.54, 1.807) is 6.07 Å². The minimum absolute atomic E-state index is 0.156. The molecule has 1 atom stereocenters. The first-order valence-corrected chi connectivity index (χ1v) is 9.31. The zero-order chi connectivity index (χ0) is 18.8. The van der Waals surface area contributed by atoms with Gasteiger partial charge < -0.3 is 10.6 Å². The molecule has 0 aromatic heterocycles. The molecule has 1 aromatic carbocycles. The first-order chi connectivity index (χ1) is 11.5. The summed E-state index contributed by atoms with van der Waals surface area (Å²) >= 11 is 0. The van der Waals surface area contributed by atoms with E-state index >= 15 is 0 Å². The van der Waals surface area contributed by atoms with Crippen LogP contribution in [0.25, 0.3) is 0 Å². The standard InChI is InChI=1S/C20H33N3O2/c1-7-20(6)11-16(12-20)22-17-9-8-15(10-18(17)23(24)25)13-21-14(2)19(3,4)5/h8-10,14,16,21-22H,7,11-13H2,1-6H3/t14-,16?,20?/m0/s1. The van der Waals surface area contributed by atoms with Gasteiger partial charge >= 0.3 is 0 Å². The first kappa shape index (κ1) is 19.7. The zero-order valence-electron chi connectivity index (χ0n) is 16.5. The van der Waals surface area contributed by atoms with Crippen LogP contribution in [-0.2, 0) is 6.54 Å². The topological polar surface area (TPSA) is 67.2 Å². The van der Waals surface area contributed by atoms with Gasteiger partial charge in [-0.3, -0.25) is 10.1 Å². The van der Waals surface area contributed by atoms with Gasteiger partial charge in [0.2, 0.25) is 0 Å². The summed E-state index contributed by atoms with van der Waals surface area (Å²) < 4.78 is 0. The molecule has 0 aliphatic heterocycles. The average Bonchev–Trinajstić information content (AvgIpc) is 2.50. The van der Waals surface area contributed by atoms with E-state index in [1.807, 2.05) is 12.1 Å². The van der Waals surface area contributed by atoms with Crippen LogP contribution < -0.4 is 10.6 Å². The maximum Gasteiger partial charge on any atom is 0.292 e. The number of hydrogen-bond donors (Lipinski definition) is 2. The van der Waals surface area contributed by atoms with Crippen molar-refractivity contribution in [2.24, 2.45) is 10.8 Å².